The fourth-order valence-electron chi connectivity index (χ4n) is 2.95. The predicted molar refractivity (Wildman–Crippen MR) is 90.3 cm³/mol. The lowest BCUT2D eigenvalue weighted by molar-refractivity contribution is -0.126. The van der Waals surface area contributed by atoms with Crippen molar-refractivity contribution in [3.8, 4) is 0 Å². The molecule has 3 rings (SSSR count). The first-order chi connectivity index (χ1) is 12.0. The number of anilines is 1. The first-order valence-electron chi connectivity index (χ1n) is 8.57. The van der Waals surface area contributed by atoms with Crippen molar-refractivity contribution in [2.45, 2.75) is 26.2 Å². The van der Waals surface area contributed by atoms with Gasteiger partial charge in [-0.15, -0.1) is 0 Å². The van der Waals surface area contributed by atoms with Crippen LogP contribution in [0.25, 0.3) is 0 Å². The second kappa shape index (κ2) is 7.21. The van der Waals surface area contributed by atoms with E-state index in [1.54, 1.807) is 19.1 Å². The van der Waals surface area contributed by atoms with Crippen LogP contribution in [0.4, 0.5) is 10.1 Å². The largest absolute Gasteiger partial charge is 0.354 e. The van der Waals surface area contributed by atoms with Crippen molar-refractivity contribution in [1.29, 1.82) is 0 Å². The SMILES string of the molecule is Cc1ccc(N2C[C@H](C(=O)NCCNC(=O)C3CC3)CC2=O)c(F)c1. The van der Waals surface area contributed by atoms with E-state index in [4.69, 9.17) is 0 Å². The molecule has 1 aliphatic carbocycles. The van der Waals surface area contributed by atoms with E-state index in [-0.39, 0.29) is 42.3 Å². The van der Waals surface area contributed by atoms with E-state index in [0.29, 0.717) is 13.1 Å². The average Bonchev–Trinajstić information content (AvgIpc) is 3.35. The Balaban J connectivity index is 1.49. The van der Waals surface area contributed by atoms with Crippen molar-refractivity contribution >= 4 is 23.4 Å². The quantitative estimate of drug-likeness (QED) is 0.757. The van der Waals surface area contributed by atoms with Gasteiger partial charge in [-0.2, -0.15) is 0 Å². The zero-order chi connectivity index (χ0) is 18.0. The molecular weight excluding hydrogens is 325 g/mol. The molecule has 1 aliphatic heterocycles. The van der Waals surface area contributed by atoms with E-state index >= 15 is 0 Å². The monoisotopic (exact) mass is 347 g/mol. The van der Waals surface area contributed by atoms with Crippen LogP contribution < -0.4 is 15.5 Å². The van der Waals surface area contributed by atoms with Crippen LogP contribution in [0, 0.1) is 24.6 Å². The first-order valence-corrected chi connectivity index (χ1v) is 8.57. The average molecular weight is 347 g/mol. The highest BCUT2D eigenvalue weighted by Crippen LogP contribution is 2.29. The van der Waals surface area contributed by atoms with Crippen LogP contribution in [0.1, 0.15) is 24.8 Å². The van der Waals surface area contributed by atoms with E-state index in [1.165, 1.54) is 11.0 Å². The molecule has 2 aliphatic rings. The predicted octanol–water partition coefficient (Wildman–Crippen LogP) is 1.13. The summed E-state index contributed by atoms with van der Waals surface area (Å²) in [6.07, 6.45) is 1.94. The van der Waals surface area contributed by atoms with Gasteiger partial charge in [0, 0.05) is 32.0 Å². The van der Waals surface area contributed by atoms with Crippen molar-refractivity contribution in [2.24, 2.45) is 11.8 Å². The Morgan fingerprint density at radius 2 is 1.80 bits per heavy atom. The molecule has 1 aromatic rings. The number of hydrogen-bond donors (Lipinski definition) is 2. The third kappa shape index (κ3) is 4.15. The number of hydrogen-bond acceptors (Lipinski definition) is 3. The molecular formula is C18H22FN3O3. The molecule has 1 saturated heterocycles. The maximum atomic E-state index is 14.1. The van der Waals surface area contributed by atoms with Crippen molar-refractivity contribution in [3.63, 3.8) is 0 Å². The minimum atomic E-state index is -0.507. The molecule has 0 unspecified atom stereocenters. The Morgan fingerprint density at radius 1 is 1.16 bits per heavy atom. The lowest BCUT2D eigenvalue weighted by Crippen LogP contribution is -2.38. The number of carbonyl (C=O) groups is 3. The van der Waals surface area contributed by atoms with Gasteiger partial charge in [0.25, 0.3) is 0 Å². The molecule has 2 fully saturated rings. The summed E-state index contributed by atoms with van der Waals surface area (Å²) in [5, 5.41) is 5.50. The summed E-state index contributed by atoms with van der Waals surface area (Å²) in [7, 11) is 0. The van der Waals surface area contributed by atoms with Gasteiger partial charge in [0.1, 0.15) is 5.82 Å². The fourth-order valence-corrected chi connectivity index (χ4v) is 2.95. The molecule has 25 heavy (non-hydrogen) atoms. The molecule has 1 atom stereocenters. The topological polar surface area (TPSA) is 78.5 Å². The summed E-state index contributed by atoms with van der Waals surface area (Å²) in [6.45, 7) is 2.63. The van der Waals surface area contributed by atoms with Gasteiger partial charge in [0.15, 0.2) is 0 Å². The maximum absolute atomic E-state index is 14.1. The zero-order valence-corrected chi connectivity index (χ0v) is 14.2. The Bertz CT molecular complexity index is 703. The zero-order valence-electron chi connectivity index (χ0n) is 14.2. The lowest BCUT2D eigenvalue weighted by Gasteiger charge is -2.17. The highest BCUT2D eigenvalue weighted by Gasteiger charge is 2.36. The molecule has 0 radical (unpaired) electrons. The van der Waals surface area contributed by atoms with Crippen molar-refractivity contribution in [2.75, 3.05) is 24.5 Å². The second-order valence-electron chi connectivity index (χ2n) is 6.72. The Morgan fingerprint density at radius 3 is 2.40 bits per heavy atom. The summed E-state index contributed by atoms with van der Waals surface area (Å²) in [6, 6.07) is 4.68. The molecule has 1 saturated carbocycles. The van der Waals surface area contributed by atoms with E-state index in [1.807, 2.05) is 0 Å². The normalized spacial score (nSPS) is 19.8. The maximum Gasteiger partial charge on any atom is 0.227 e. The Hall–Kier alpha value is -2.44. The summed E-state index contributed by atoms with van der Waals surface area (Å²) >= 11 is 0. The Kier molecular flexibility index (Phi) is 5.01. The van der Waals surface area contributed by atoms with Crippen molar-refractivity contribution in [1.82, 2.24) is 10.6 Å². The van der Waals surface area contributed by atoms with Crippen molar-refractivity contribution < 1.29 is 18.8 Å². The number of amides is 3. The van der Waals surface area contributed by atoms with Crippen LogP contribution in [0.2, 0.25) is 0 Å². The lowest BCUT2D eigenvalue weighted by atomic mass is 10.1. The van der Waals surface area contributed by atoms with Crippen LogP contribution in [0.15, 0.2) is 18.2 Å². The fraction of sp³-hybridized carbons (Fsp3) is 0.500. The van der Waals surface area contributed by atoms with Crippen LogP contribution in [0.5, 0.6) is 0 Å². The van der Waals surface area contributed by atoms with Crippen LogP contribution in [-0.2, 0) is 14.4 Å². The van der Waals surface area contributed by atoms with Crippen LogP contribution >= 0.6 is 0 Å². The summed E-state index contributed by atoms with van der Waals surface area (Å²) in [4.78, 5) is 37.2. The molecule has 3 amide bonds. The smallest absolute Gasteiger partial charge is 0.227 e. The third-order valence-corrected chi connectivity index (χ3v) is 4.56. The van der Waals surface area contributed by atoms with Gasteiger partial charge in [-0.05, 0) is 37.5 Å². The van der Waals surface area contributed by atoms with Gasteiger partial charge in [-0.25, -0.2) is 4.39 Å². The highest BCUT2D eigenvalue weighted by molar-refractivity contribution is 6.00. The van der Waals surface area contributed by atoms with E-state index in [0.717, 1.165) is 18.4 Å². The summed E-state index contributed by atoms with van der Waals surface area (Å²) < 4.78 is 14.1. The molecule has 1 heterocycles. The first kappa shape index (κ1) is 17.4. The number of nitrogens with one attached hydrogen (secondary N) is 2. The Labute approximate surface area is 145 Å². The molecule has 134 valence electrons. The standard InChI is InChI=1S/C18H22FN3O3/c1-11-2-5-15(14(19)8-11)22-10-13(9-16(22)23)18(25)21-7-6-20-17(24)12-3-4-12/h2,5,8,12-13H,3-4,6-7,9-10H2,1H3,(H,20,24)(H,21,25)/t13-/m1/s1. The number of nitrogens with zero attached hydrogens (tertiary/aromatic N) is 1. The minimum absolute atomic E-state index is 0.0336. The minimum Gasteiger partial charge on any atom is -0.354 e. The molecule has 0 bridgehead atoms. The number of rotatable bonds is 6. The van der Waals surface area contributed by atoms with Crippen LogP contribution in [-0.4, -0.2) is 37.4 Å². The van der Waals surface area contributed by atoms with Gasteiger partial charge in [0.05, 0.1) is 11.6 Å². The molecule has 2 N–H and O–H groups in total. The molecule has 0 spiro atoms. The number of carbonyl (C=O) groups excluding carboxylic acids is 3. The molecule has 0 aromatic heterocycles. The highest BCUT2D eigenvalue weighted by atomic mass is 19.1. The van der Waals surface area contributed by atoms with E-state index in [2.05, 4.69) is 10.6 Å². The van der Waals surface area contributed by atoms with Gasteiger partial charge in [0.2, 0.25) is 17.7 Å². The molecule has 1 aromatic carbocycles. The van der Waals surface area contributed by atoms with Gasteiger partial charge in [-0.1, -0.05) is 6.07 Å². The van der Waals surface area contributed by atoms with E-state index < -0.39 is 11.7 Å². The number of halogens is 1. The van der Waals surface area contributed by atoms with Gasteiger partial charge < -0.3 is 15.5 Å². The number of aryl methyl sites for hydroxylation is 1. The summed E-state index contributed by atoms with van der Waals surface area (Å²) in [5.74, 6) is -1.30. The molecule has 6 nitrogen and oxygen atoms in total. The summed E-state index contributed by atoms with van der Waals surface area (Å²) in [5.41, 5.74) is 0.984. The number of benzene rings is 1. The third-order valence-electron chi connectivity index (χ3n) is 4.56. The van der Waals surface area contributed by atoms with Crippen molar-refractivity contribution in [3.05, 3.63) is 29.6 Å². The second-order valence-corrected chi connectivity index (χ2v) is 6.72. The molecule has 7 heteroatoms. The van der Waals surface area contributed by atoms with Gasteiger partial charge >= 0.3 is 0 Å². The van der Waals surface area contributed by atoms with Gasteiger partial charge in [-0.3, -0.25) is 14.4 Å². The van der Waals surface area contributed by atoms with Crippen LogP contribution in [0.3, 0.4) is 0 Å². The van der Waals surface area contributed by atoms with E-state index in [9.17, 15) is 18.8 Å².